The predicted molar refractivity (Wildman–Crippen MR) is 99.8 cm³/mol. The minimum absolute atomic E-state index is 0.00709. The summed E-state index contributed by atoms with van der Waals surface area (Å²) in [6.45, 7) is 3.15. The molecule has 26 heavy (non-hydrogen) atoms. The number of thiazole rings is 1. The molecule has 0 bridgehead atoms. The summed E-state index contributed by atoms with van der Waals surface area (Å²) < 4.78 is 6.04. The third kappa shape index (κ3) is 6.79. The molecule has 0 atom stereocenters. The number of fused-ring (bicyclic) bond motifs is 1. The van der Waals surface area contributed by atoms with Gasteiger partial charge in [0.05, 0.1) is 21.8 Å². The molecule has 0 unspecified atom stereocenters. The Morgan fingerprint density at radius 1 is 1.19 bits per heavy atom. The molecular weight excluding hydrogens is 354 g/mol. The zero-order chi connectivity index (χ0) is 18.9. The van der Waals surface area contributed by atoms with Gasteiger partial charge in [0.15, 0.2) is 6.61 Å². The number of ether oxygens (including phenoxy) is 1. The van der Waals surface area contributed by atoms with Crippen LogP contribution in [0, 0.1) is 0 Å². The highest BCUT2D eigenvalue weighted by molar-refractivity contribution is 7.18. The van der Waals surface area contributed by atoms with Crippen molar-refractivity contribution < 1.29 is 19.1 Å². The number of nitrogens with one attached hydrogen (secondary N) is 2. The number of benzene rings is 1. The second-order valence-corrected chi connectivity index (χ2v) is 7.20. The molecule has 0 saturated carbocycles. The van der Waals surface area contributed by atoms with Gasteiger partial charge >= 0.3 is 5.97 Å². The predicted octanol–water partition coefficient (Wildman–Crippen LogP) is 1.80. The highest BCUT2D eigenvalue weighted by Crippen LogP contribution is 2.22. The second-order valence-electron chi connectivity index (χ2n) is 6.09. The number of aromatic nitrogens is 1. The van der Waals surface area contributed by atoms with E-state index in [-0.39, 0.29) is 31.5 Å². The molecule has 0 aliphatic heterocycles. The Kier molecular flexibility index (Phi) is 7.53. The molecule has 0 aliphatic rings. The molecule has 7 nitrogen and oxygen atoms in total. The number of carbonyl (C=O) groups excluding carboxylic acids is 3. The number of nitrogens with zero attached hydrogens (tertiary/aromatic N) is 1. The van der Waals surface area contributed by atoms with Crippen LogP contribution in [-0.2, 0) is 25.5 Å². The fourth-order valence-corrected chi connectivity index (χ4v) is 3.24. The first-order valence-electron chi connectivity index (χ1n) is 8.50. The first-order chi connectivity index (χ1) is 12.4. The van der Waals surface area contributed by atoms with Gasteiger partial charge in [0.1, 0.15) is 0 Å². The van der Waals surface area contributed by atoms with Gasteiger partial charge in [-0.3, -0.25) is 14.4 Å². The van der Waals surface area contributed by atoms with Crippen LogP contribution in [0.15, 0.2) is 24.3 Å². The highest BCUT2D eigenvalue weighted by Gasteiger charge is 2.10. The molecule has 1 aromatic carbocycles. The second kappa shape index (κ2) is 9.86. The van der Waals surface area contributed by atoms with Crippen molar-refractivity contribution in [2.75, 3.05) is 13.2 Å². The van der Waals surface area contributed by atoms with E-state index < -0.39 is 11.9 Å². The number of rotatable bonds is 9. The van der Waals surface area contributed by atoms with Crippen molar-refractivity contribution in [2.45, 2.75) is 39.2 Å². The minimum atomic E-state index is -0.497. The van der Waals surface area contributed by atoms with E-state index in [0.29, 0.717) is 12.8 Å². The summed E-state index contributed by atoms with van der Waals surface area (Å²) >= 11 is 1.62. The van der Waals surface area contributed by atoms with Crippen LogP contribution in [0.2, 0.25) is 0 Å². The third-order valence-corrected chi connectivity index (χ3v) is 4.47. The van der Waals surface area contributed by atoms with Gasteiger partial charge in [0.25, 0.3) is 5.91 Å². The molecular formula is C18H23N3O4S. The van der Waals surface area contributed by atoms with E-state index in [1.54, 1.807) is 11.3 Å². The van der Waals surface area contributed by atoms with Gasteiger partial charge in [-0.2, -0.15) is 0 Å². The number of amides is 2. The zero-order valence-electron chi connectivity index (χ0n) is 14.9. The first-order valence-corrected chi connectivity index (χ1v) is 9.32. The Balaban J connectivity index is 1.61. The number of para-hydroxylation sites is 1. The average molecular weight is 377 g/mol. The maximum Gasteiger partial charge on any atom is 0.306 e. The summed E-state index contributed by atoms with van der Waals surface area (Å²) in [5.41, 5.74) is 0.966. The average Bonchev–Trinajstić information content (AvgIpc) is 3.00. The van der Waals surface area contributed by atoms with Gasteiger partial charge < -0.3 is 15.4 Å². The zero-order valence-corrected chi connectivity index (χ0v) is 15.7. The summed E-state index contributed by atoms with van der Waals surface area (Å²) in [7, 11) is 0. The van der Waals surface area contributed by atoms with Gasteiger partial charge in [-0.25, -0.2) is 4.98 Å². The standard InChI is InChI=1S/C18H23N3O4S/c1-12(2)20-15(22)10-19-16(23)11-25-18(24)9-5-8-17-21-13-6-3-4-7-14(13)26-17/h3-4,6-7,12H,5,8-11H2,1-2H3,(H,19,23)(H,20,22). The van der Waals surface area contributed by atoms with Crippen LogP contribution in [0.1, 0.15) is 31.7 Å². The van der Waals surface area contributed by atoms with Crippen molar-refractivity contribution in [1.82, 2.24) is 15.6 Å². The molecule has 0 saturated heterocycles. The lowest BCUT2D eigenvalue weighted by atomic mass is 10.2. The van der Waals surface area contributed by atoms with Crippen molar-refractivity contribution in [3.05, 3.63) is 29.3 Å². The van der Waals surface area contributed by atoms with Gasteiger partial charge in [0.2, 0.25) is 5.91 Å². The Morgan fingerprint density at radius 3 is 2.69 bits per heavy atom. The lowest BCUT2D eigenvalue weighted by molar-refractivity contribution is -0.148. The summed E-state index contributed by atoms with van der Waals surface area (Å²) in [6.07, 6.45) is 1.52. The van der Waals surface area contributed by atoms with E-state index in [2.05, 4.69) is 15.6 Å². The Hall–Kier alpha value is -2.48. The Labute approximate surface area is 156 Å². The van der Waals surface area contributed by atoms with Crippen LogP contribution < -0.4 is 10.6 Å². The summed E-state index contributed by atoms with van der Waals surface area (Å²) in [5.74, 6) is -1.22. The van der Waals surface area contributed by atoms with Crippen LogP contribution in [0.5, 0.6) is 0 Å². The molecule has 140 valence electrons. The van der Waals surface area contributed by atoms with E-state index in [0.717, 1.165) is 15.2 Å². The van der Waals surface area contributed by atoms with Crippen molar-refractivity contribution in [3.63, 3.8) is 0 Å². The van der Waals surface area contributed by atoms with Gasteiger partial charge in [-0.1, -0.05) is 12.1 Å². The molecule has 2 rings (SSSR count). The minimum Gasteiger partial charge on any atom is -0.456 e. The van der Waals surface area contributed by atoms with Gasteiger partial charge in [-0.15, -0.1) is 11.3 Å². The number of hydrogen-bond donors (Lipinski definition) is 2. The number of hydrogen-bond acceptors (Lipinski definition) is 6. The molecule has 2 aromatic rings. The quantitative estimate of drug-likeness (QED) is 0.650. The van der Waals surface area contributed by atoms with Crippen LogP contribution in [-0.4, -0.2) is 42.0 Å². The number of aryl methyl sites for hydroxylation is 1. The van der Waals surface area contributed by atoms with Crippen molar-refractivity contribution in [2.24, 2.45) is 0 Å². The maximum absolute atomic E-state index is 11.7. The van der Waals surface area contributed by atoms with Gasteiger partial charge in [0, 0.05) is 12.5 Å². The van der Waals surface area contributed by atoms with E-state index in [9.17, 15) is 14.4 Å². The topological polar surface area (TPSA) is 97.4 Å². The molecule has 2 amide bonds. The number of esters is 1. The number of carbonyl (C=O) groups is 3. The molecule has 2 N–H and O–H groups in total. The monoisotopic (exact) mass is 377 g/mol. The van der Waals surface area contributed by atoms with Crippen molar-refractivity contribution in [3.8, 4) is 0 Å². The molecule has 0 aliphatic carbocycles. The maximum atomic E-state index is 11.7. The molecule has 0 fully saturated rings. The highest BCUT2D eigenvalue weighted by atomic mass is 32.1. The van der Waals surface area contributed by atoms with Gasteiger partial charge in [-0.05, 0) is 38.8 Å². The summed E-state index contributed by atoms with van der Waals surface area (Å²) in [5, 5.41) is 6.03. The normalized spacial score (nSPS) is 10.7. The van der Waals surface area contributed by atoms with Crippen LogP contribution in [0.3, 0.4) is 0 Å². The van der Waals surface area contributed by atoms with E-state index in [1.807, 2.05) is 38.1 Å². The molecule has 0 spiro atoms. The largest absolute Gasteiger partial charge is 0.456 e. The first kappa shape index (κ1) is 19.8. The van der Waals surface area contributed by atoms with Crippen LogP contribution in [0.4, 0.5) is 0 Å². The summed E-state index contributed by atoms with van der Waals surface area (Å²) in [6, 6.07) is 7.90. The Bertz CT molecular complexity index is 740. The molecule has 1 heterocycles. The lowest BCUT2D eigenvalue weighted by Gasteiger charge is -2.09. The Morgan fingerprint density at radius 2 is 1.96 bits per heavy atom. The molecule has 0 radical (unpaired) electrons. The summed E-state index contributed by atoms with van der Waals surface area (Å²) in [4.78, 5) is 39.2. The fourth-order valence-electron chi connectivity index (χ4n) is 2.23. The SMILES string of the molecule is CC(C)NC(=O)CNC(=O)COC(=O)CCCc1nc2ccccc2s1. The van der Waals surface area contributed by atoms with E-state index in [4.69, 9.17) is 4.74 Å². The fraction of sp³-hybridized carbons (Fsp3) is 0.444. The molecule has 8 heteroatoms. The van der Waals surface area contributed by atoms with Crippen molar-refractivity contribution >= 4 is 39.3 Å². The smallest absolute Gasteiger partial charge is 0.306 e. The van der Waals surface area contributed by atoms with Crippen LogP contribution >= 0.6 is 11.3 Å². The third-order valence-electron chi connectivity index (χ3n) is 3.37. The van der Waals surface area contributed by atoms with Crippen molar-refractivity contribution in [1.29, 1.82) is 0 Å². The van der Waals surface area contributed by atoms with E-state index in [1.165, 1.54) is 0 Å². The van der Waals surface area contributed by atoms with Crippen LogP contribution in [0.25, 0.3) is 10.2 Å². The van der Waals surface area contributed by atoms with E-state index >= 15 is 0 Å². The molecule has 1 aromatic heterocycles. The lowest BCUT2D eigenvalue weighted by Crippen LogP contribution is -2.41.